The van der Waals surface area contributed by atoms with Gasteiger partial charge in [-0.2, -0.15) is 0 Å². The maximum atomic E-state index is 12.7. The van der Waals surface area contributed by atoms with Crippen molar-refractivity contribution in [2.24, 2.45) is 5.92 Å². The summed E-state index contributed by atoms with van der Waals surface area (Å²) in [5, 5.41) is 6.32. The number of nitrogens with one attached hydrogen (secondary N) is 2. The van der Waals surface area contributed by atoms with Crippen molar-refractivity contribution in [3.63, 3.8) is 0 Å². The minimum absolute atomic E-state index is 0.221. The number of amides is 1. The largest absolute Gasteiger partial charge is 0.370 e. The van der Waals surface area contributed by atoms with Gasteiger partial charge in [-0.05, 0) is 66.4 Å². The molecule has 0 radical (unpaired) electrons. The molecule has 0 aromatic heterocycles. The molecule has 0 bridgehead atoms. The lowest BCUT2D eigenvalue weighted by Gasteiger charge is -2.33. The maximum absolute atomic E-state index is 12.7. The first kappa shape index (κ1) is 21.1. The molecule has 0 unspecified atom stereocenters. The zero-order valence-corrected chi connectivity index (χ0v) is 18.5. The van der Waals surface area contributed by atoms with Gasteiger partial charge in [-0.15, -0.1) is 0 Å². The third-order valence-electron chi connectivity index (χ3n) is 5.76. The van der Waals surface area contributed by atoms with Gasteiger partial charge >= 0.3 is 0 Å². The molecule has 5 heteroatoms. The van der Waals surface area contributed by atoms with E-state index in [1.165, 1.54) is 12.8 Å². The second-order valence-electron chi connectivity index (χ2n) is 8.04. The molecule has 1 aliphatic rings. The molecule has 1 amide bonds. The Labute approximate surface area is 189 Å². The fourth-order valence-electron chi connectivity index (χ4n) is 3.88. The van der Waals surface area contributed by atoms with Gasteiger partial charge < -0.3 is 10.2 Å². The number of piperidine rings is 1. The lowest BCUT2D eigenvalue weighted by atomic mass is 9.98. The van der Waals surface area contributed by atoms with Gasteiger partial charge in [-0.25, -0.2) is 0 Å². The highest BCUT2D eigenvalue weighted by molar-refractivity contribution is 7.80. The molecule has 0 spiro atoms. The number of para-hydroxylation sites is 2. The third-order valence-corrected chi connectivity index (χ3v) is 5.96. The molecule has 4 nitrogen and oxygen atoms in total. The molecule has 0 saturated carbocycles. The molecule has 4 rings (SSSR count). The van der Waals surface area contributed by atoms with Crippen LogP contribution in [0, 0.1) is 5.92 Å². The summed E-state index contributed by atoms with van der Waals surface area (Å²) in [6.45, 7) is 4.37. The Morgan fingerprint density at radius 3 is 2.19 bits per heavy atom. The average molecular weight is 430 g/mol. The molecule has 0 atom stereocenters. The fourth-order valence-corrected chi connectivity index (χ4v) is 4.08. The lowest BCUT2D eigenvalue weighted by molar-refractivity contribution is 0.0978. The topological polar surface area (TPSA) is 44.4 Å². The van der Waals surface area contributed by atoms with Crippen LogP contribution < -0.4 is 15.5 Å². The van der Waals surface area contributed by atoms with E-state index in [9.17, 15) is 4.79 Å². The molecule has 3 aromatic rings. The number of nitrogens with zero attached hydrogens (tertiary/aromatic N) is 1. The highest BCUT2D eigenvalue weighted by atomic mass is 32.1. The zero-order valence-electron chi connectivity index (χ0n) is 17.7. The Bertz CT molecular complexity index is 1040. The number of rotatable bonds is 4. The summed E-state index contributed by atoms with van der Waals surface area (Å²) in [6, 6.07) is 25.8. The SMILES string of the molecule is CC1CCN(c2ccccc2NC(=S)NC(=O)c2ccc(-c3ccccc3)cc2)CC1. The van der Waals surface area contributed by atoms with Crippen molar-refractivity contribution < 1.29 is 4.79 Å². The average Bonchev–Trinajstić information content (AvgIpc) is 2.81. The standard InChI is InChI=1S/C26H27N3OS/c1-19-15-17-29(18-16-19)24-10-6-5-9-23(24)27-26(31)28-25(30)22-13-11-21(12-14-22)20-7-3-2-4-8-20/h2-14,19H,15-18H2,1H3,(H2,27,28,30,31). The van der Waals surface area contributed by atoms with Crippen LogP contribution in [-0.2, 0) is 0 Å². The second-order valence-corrected chi connectivity index (χ2v) is 8.45. The summed E-state index contributed by atoms with van der Waals surface area (Å²) >= 11 is 5.43. The molecular formula is C26H27N3OS. The number of carbonyl (C=O) groups excluding carboxylic acids is 1. The van der Waals surface area contributed by atoms with Gasteiger partial charge in [0.15, 0.2) is 5.11 Å². The lowest BCUT2D eigenvalue weighted by Crippen LogP contribution is -2.36. The molecule has 158 valence electrons. The number of thiocarbonyl (C=S) groups is 1. The summed E-state index contributed by atoms with van der Waals surface area (Å²) in [5.41, 5.74) is 4.81. The van der Waals surface area contributed by atoms with Crippen LogP contribution in [0.5, 0.6) is 0 Å². The second kappa shape index (κ2) is 9.75. The zero-order chi connectivity index (χ0) is 21.6. The number of hydrogen-bond donors (Lipinski definition) is 2. The summed E-state index contributed by atoms with van der Waals surface area (Å²) in [5.74, 6) is 0.548. The predicted octanol–water partition coefficient (Wildman–Crippen LogP) is 5.72. The van der Waals surface area contributed by atoms with Gasteiger partial charge in [-0.1, -0.05) is 61.5 Å². The maximum Gasteiger partial charge on any atom is 0.257 e. The van der Waals surface area contributed by atoms with Crippen LogP contribution in [0.3, 0.4) is 0 Å². The monoisotopic (exact) mass is 429 g/mol. The molecule has 1 aliphatic heterocycles. The molecule has 2 N–H and O–H groups in total. The normalized spacial score (nSPS) is 14.2. The first-order valence-corrected chi connectivity index (χ1v) is 11.1. The minimum atomic E-state index is -0.221. The van der Waals surface area contributed by atoms with Crippen molar-refractivity contribution in [3.8, 4) is 11.1 Å². The molecule has 31 heavy (non-hydrogen) atoms. The van der Waals surface area contributed by atoms with Gasteiger partial charge in [0.25, 0.3) is 5.91 Å². The molecular weight excluding hydrogens is 402 g/mol. The van der Waals surface area contributed by atoms with Crippen LogP contribution in [0.4, 0.5) is 11.4 Å². The number of benzene rings is 3. The molecule has 3 aromatic carbocycles. The van der Waals surface area contributed by atoms with Crippen molar-refractivity contribution in [3.05, 3.63) is 84.4 Å². The summed E-state index contributed by atoms with van der Waals surface area (Å²) in [7, 11) is 0. The van der Waals surface area contributed by atoms with Crippen LogP contribution in [0.2, 0.25) is 0 Å². The first-order valence-electron chi connectivity index (χ1n) is 10.7. The van der Waals surface area contributed by atoms with Gasteiger partial charge in [-0.3, -0.25) is 10.1 Å². The Morgan fingerprint density at radius 1 is 0.871 bits per heavy atom. The van der Waals surface area contributed by atoms with Crippen LogP contribution >= 0.6 is 12.2 Å². The summed E-state index contributed by atoms with van der Waals surface area (Å²) in [4.78, 5) is 15.1. The smallest absolute Gasteiger partial charge is 0.257 e. The highest BCUT2D eigenvalue weighted by Crippen LogP contribution is 2.29. The molecule has 1 fully saturated rings. The van der Waals surface area contributed by atoms with E-state index in [2.05, 4.69) is 40.7 Å². The Kier molecular flexibility index (Phi) is 6.63. The quantitative estimate of drug-likeness (QED) is 0.521. The van der Waals surface area contributed by atoms with Gasteiger partial charge in [0.05, 0.1) is 11.4 Å². The summed E-state index contributed by atoms with van der Waals surface area (Å²) < 4.78 is 0. The van der Waals surface area contributed by atoms with Crippen molar-refractivity contribution in [1.82, 2.24) is 5.32 Å². The van der Waals surface area contributed by atoms with E-state index in [1.54, 1.807) is 0 Å². The fraction of sp³-hybridized carbons (Fsp3) is 0.231. The van der Waals surface area contributed by atoms with Crippen molar-refractivity contribution in [2.75, 3.05) is 23.3 Å². The van der Waals surface area contributed by atoms with Gasteiger partial charge in [0, 0.05) is 18.7 Å². The minimum Gasteiger partial charge on any atom is -0.370 e. The van der Waals surface area contributed by atoms with Gasteiger partial charge in [0.1, 0.15) is 0 Å². The van der Waals surface area contributed by atoms with E-state index in [4.69, 9.17) is 12.2 Å². The van der Waals surface area contributed by atoms with Crippen molar-refractivity contribution in [2.45, 2.75) is 19.8 Å². The predicted molar refractivity (Wildman–Crippen MR) is 133 cm³/mol. The van der Waals surface area contributed by atoms with Crippen LogP contribution in [0.15, 0.2) is 78.9 Å². The molecule has 1 heterocycles. The van der Waals surface area contributed by atoms with Crippen molar-refractivity contribution in [1.29, 1.82) is 0 Å². The first-order chi connectivity index (χ1) is 15.1. The number of hydrogen-bond acceptors (Lipinski definition) is 3. The van der Waals surface area contributed by atoms with E-state index in [0.717, 1.165) is 41.5 Å². The van der Waals surface area contributed by atoms with E-state index in [1.807, 2.05) is 60.7 Å². The molecule has 1 saturated heterocycles. The van der Waals surface area contributed by atoms with Crippen molar-refractivity contribution >= 4 is 34.6 Å². The van der Waals surface area contributed by atoms with Gasteiger partial charge in [0.2, 0.25) is 0 Å². The molecule has 0 aliphatic carbocycles. The van der Waals surface area contributed by atoms with E-state index in [-0.39, 0.29) is 5.91 Å². The van der Waals surface area contributed by atoms with E-state index >= 15 is 0 Å². The highest BCUT2D eigenvalue weighted by Gasteiger charge is 2.19. The third kappa shape index (κ3) is 5.30. The van der Waals surface area contributed by atoms with E-state index in [0.29, 0.717) is 10.7 Å². The Morgan fingerprint density at radius 2 is 1.48 bits per heavy atom. The number of anilines is 2. The Balaban J connectivity index is 1.40. The van der Waals surface area contributed by atoms with E-state index < -0.39 is 0 Å². The summed E-state index contributed by atoms with van der Waals surface area (Å²) in [6.07, 6.45) is 2.38. The Hall–Kier alpha value is -3.18. The van der Waals surface area contributed by atoms with Crippen LogP contribution in [0.25, 0.3) is 11.1 Å². The van der Waals surface area contributed by atoms with Crippen LogP contribution in [-0.4, -0.2) is 24.1 Å². The number of carbonyl (C=O) groups is 1. The van der Waals surface area contributed by atoms with Crippen LogP contribution in [0.1, 0.15) is 30.1 Å².